The molecule has 7 nitrogen and oxygen atoms in total. The average Bonchev–Trinajstić information content (AvgIpc) is 2.45. The van der Waals surface area contributed by atoms with E-state index in [1.807, 2.05) is 13.0 Å². The topological polar surface area (TPSA) is 110 Å². The molecule has 25 heavy (non-hydrogen) atoms. The Morgan fingerprint density at radius 3 is 2.28 bits per heavy atom. The number of rotatable bonds is 3. The van der Waals surface area contributed by atoms with Crippen LogP contribution in [0.5, 0.6) is 0 Å². The van der Waals surface area contributed by atoms with Crippen molar-refractivity contribution < 1.29 is 22.5 Å². The van der Waals surface area contributed by atoms with Crippen molar-refractivity contribution in [1.82, 2.24) is 5.01 Å². The number of aryl methyl sites for hydroxylation is 3. The molecule has 0 atom stereocenters. The van der Waals surface area contributed by atoms with Crippen molar-refractivity contribution in [1.29, 1.82) is 0 Å². The molecule has 0 aromatic heterocycles. The Morgan fingerprint density at radius 1 is 1.28 bits per heavy atom. The number of carbonyl (C=O) groups excluding carboxylic acids is 1. The van der Waals surface area contributed by atoms with Gasteiger partial charge in [-0.15, -0.1) is 0 Å². The maximum Gasteiger partial charge on any atom is 0.339 e. The second kappa shape index (κ2) is 8.80. The van der Waals surface area contributed by atoms with Gasteiger partial charge in [-0.25, -0.2) is 10.6 Å². The highest BCUT2D eigenvalue weighted by molar-refractivity contribution is 7.86. The average molecular weight is 368 g/mol. The minimum atomic E-state index is -4.08. The first-order chi connectivity index (χ1) is 11.6. The van der Waals surface area contributed by atoms with Gasteiger partial charge in [0.1, 0.15) is 0 Å². The van der Waals surface area contributed by atoms with E-state index in [-0.39, 0.29) is 10.9 Å². The van der Waals surface area contributed by atoms with Gasteiger partial charge in [-0.1, -0.05) is 23.8 Å². The van der Waals surface area contributed by atoms with Crippen LogP contribution in [-0.4, -0.2) is 37.1 Å². The van der Waals surface area contributed by atoms with Gasteiger partial charge in [0.25, 0.3) is 10.1 Å². The molecule has 8 heteroatoms. The van der Waals surface area contributed by atoms with E-state index in [4.69, 9.17) is 15.1 Å². The zero-order valence-corrected chi connectivity index (χ0v) is 15.6. The number of carbonyl (C=O) groups is 1. The highest BCUT2D eigenvalue weighted by Crippen LogP contribution is 2.20. The van der Waals surface area contributed by atoms with Crippen LogP contribution >= 0.6 is 0 Å². The van der Waals surface area contributed by atoms with Gasteiger partial charge in [-0.05, 0) is 44.9 Å². The summed E-state index contributed by atoms with van der Waals surface area (Å²) in [6, 6.07) is 3.46. The summed E-state index contributed by atoms with van der Waals surface area (Å²) in [6.07, 6.45) is 5.09. The Bertz CT molecular complexity index is 774. The van der Waals surface area contributed by atoms with E-state index in [0.717, 1.165) is 5.56 Å². The maximum absolute atomic E-state index is 11.1. The molecule has 0 unspecified atom stereocenters. The highest BCUT2D eigenvalue weighted by atomic mass is 32.2. The molecule has 0 radical (unpaired) electrons. The van der Waals surface area contributed by atoms with E-state index in [9.17, 15) is 13.2 Å². The molecule has 1 heterocycles. The zero-order chi connectivity index (χ0) is 19.2. The highest BCUT2D eigenvalue weighted by Gasteiger charge is 2.16. The summed E-state index contributed by atoms with van der Waals surface area (Å²) < 4.78 is 35.6. The maximum atomic E-state index is 11.1. The third-order valence-corrected chi connectivity index (χ3v) is 4.45. The third kappa shape index (κ3) is 6.33. The van der Waals surface area contributed by atoms with Crippen LogP contribution in [0.2, 0.25) is 0 Å². The van der Waals surface area contributed by atoms with Gasteiger partial charge in [-0.3, -0.25) is 4.55 Å². The largest absolute Gasteiger partial charge is 0.462 e. The number of nitrogens with zero attached hydrogens (tertiary/aromatic N) is 1. The molecule has 1 aromatic rings. The summed E-state index contributed by atoms with van der Waals surface area (Å²) in [4.78, 5) is 11.1. The van der Waals surface area contributed by atoms with Gasteiger partial charge in [0.05, 0.1) is 23.6 Å². The van der Waals surface area contributed by atoms with Crippen molar-refractivity contribution in [3.63, 3.8) is 0 Å². The molecule has 1 aliphatic heterocycles. The lowest BCUT2D eigenvalue weighted by Crippen LogP contribution is -2.28. The van der Waals surface area contributed by atoms with Crippen LogP contribution in [0, 0.1) is 20.8 Å². The lowest BCUT2D eigenvalue weighted by molar-refractivity contribution is -0.138. The number of nitrogens with two attached hydrogens (primary N) is 1. The molecule has 0 bridgehead atoms. The molecule has 2 rings (SSSR count). The smallest absolute Gasteiger partial charge is 0.339 e. The van der Waals surface area contributed by atoms with Crippen molar-refractivity contribution in [2.45, 2.75) is 32.6 Å². The van der Waals surface area contributed by atoms with Crippen molar-refractivity contribution in [2.75, 3.05) is 13.2 Å². The molecule has 138 valence electrons. The fraction of sp³-hybridized carbons (Fsp3) is 0.353. The van der Waals surface area contributed by atoms with Crippen molar-refractivity contribution >= 4 is 16.1 Å². The summed E-state index contributed by atoms with van der Waals surface area (Å²) >= 11 is 0. The van der Waals surface area contributed by atoms with Crippen molar-refractivity contribution in [2.24, 2.45) is 5.84 Å². The van der Waals surface area contributed by atoms with Gasteiger partial charge in [0.2, 0.25) is 0 Å². The van der Waals surface area contributed by atoms with E-state index in [0.29, 0.717) is 29.9 Å². The number of benzene rings is 1. The standard InChI is InChI=1S/C9H12O3S.C8H12N2O2/c1-6-4-7(2)9(8(3)5-6)13(10,11)12;1-2-12-8(11)7-4-3-5-10(9)6-7/h4-5H,1-3H3,(H,10,11,12);3-4,6H,2,5,9H2,1H3. The number of hydrogen-bond donors (Lipinski definition) is 2. The third-order valence-electron chi connectivity index (χ3n) is 3.29. The summed E-state index contributed by atoms with van der Waals surface area (Å²) in [5, 5.41) is 1.44. The molecule has 0 amide bonds. The minimum Gasteiger partial charge on any atom is -0.462 e. The Balaban J connectivity index is 0.000000251. The van der Waals surface area contributed by atoms with Crippen LogP contribution in [0.25, 0.3) is 0 Å². The van der Waals surface area contributed by atoms with E-state index >= 15 is 0 Å². The van der Waals surface area contributed by atoms with Gasteiger partial charge >= 0.3 is 5.97 Å². The van der Waals surface area contributed by atoms with Crippen LogP contribution in [0.15, 0.2) is 41.0 Å². The molecule has 0 aliphatic carbocycles. The molecule has 0 saturated heterocycles. The first-order valence-electron chi connectivity index (χ1n) is 7.68. The second-order valence-corrected chi connectivity index (χ2v) is 6.97. The molecule has 1 aromatic carbocycles. The van der Waals surface area contributed by atoms with Crippen LogP contribution < -0.4 is 5.84 Å². The Hall–Kier alpha value is -2.16. The Kier molecular flexibility index (Phi) is 7.35. The van der Waals surface area contributed by atoms with Crippen LogP contribution in [-0.2, 0) is 19.6 Å². The van der Waals surface area contributed by atoms with Gasteiger partial charge in [0, 0.05) is 6.20 Å². The molecular formula is C17H24N2O5S. The number of hydrogen-bond acceptors (Lipinski definition) is 6. The van der Waals surface area contributed by atoms with Gasteiger partial charge in [0.15, 0.2) is 0 Å². The first kappa shape index (κ1) is 20.9. The van der Waals surface area contributed by atoms with Crippen LogP contribution in [0.3, 0.4) is 0 Å². The van der Waals surface area contributed by atoms with Crippen LogP contribution in [0.4, 0.5) is 0 Å². The van der Waals surface area contributed by atoms with E-state index < -0.39 is 10.1 Å². The SMILES string of the molecule is CCOC(=O)C1=CN(N)CC=C1.Cc1cc(C)c(S(=O)(=O)O)c(C)c1. The fourth-order valence-corrected chi connectivity index (χ4v) is 3.42. The normalized spacial score (nSPS) is 13.7. The summed E-state index contributed by atoms with van der Waals surface area (Å²) in [6.45, 7) is 8.00. The fourth-order valence-electron chi connectivity index (χ4n) is 2.48. The number of ether oxygens (including phenoxy) is 1. The summed E-state index contributed by atoms with van der Waals surface area (Å²) in [5.74, 6) is 5.13. The molecular weight excluding hydrogens is 344 g/mol. The van der Waals surface area contributed by atoms with Gasteiger partial charge in [-0.2, -0.15) is 8.42 Å². The van der Waals surface area contributed by atoms with Gasteiger partial charge < -0.3 is 9.75 Å². The summed E-state index contributed by atoms with van der Waals surface area (Å²) in [5.41, 5.74) is 2.65. The molecule has 1 aliphatic rings. The molecule has 0 fully saturated rings. The van der Waals surface area contributed by atoms with Crippen LogP contribution in [0.1, 0.15) is 23.6 Å². The Labute approximate surface area is 148 Å². The van der Waals surface area contributed by atoms with E-state index in [1.54, 1.807) is 45.2 Å². The number of esters is 1. The molecule has 0 saturated carbocycles. The first-order valence-corrected chi connectivity index (χ1v) is 9.12. The monoisotopic (exact) mass is 368 g/mol. The lowest BCUT2D eigenvalue weighted by atomic mass is 10.1. The van der Waals surface area contributed by atoms with E-state index in [2.05, 4.69) is 0 Å². The summed E-state index contributed by atoms with van der Waals surface area (Å²) in [7, 11) is -4.08. The van der Waals surface area contributed by atoms with Crippen molar-refractivity contribution in [3.05, 3.63) is 52.7 Å². The quantitative estimate of drug-likeness (QED) is 0.477. The minimum absolute atomic E-state index is 0.0260. The molecule has 3 N–H and O–H groups in total. The predicted molar refractivity (Wildman–Crippen MR) is 95.2 cm³/mol. The van der Waals surface area contributed by atoms with E-state index in [1.165, 1.54) is 5.01 Å². The lowest BCUT2D eigenvalue weighted by Gasteiger charge is -2.16. The Morgan fingerprint density at radius 2 is 1.84 bits per heavy atom. The molecule has 0 spiro atoms. The second-order valence-electron chi connectivity index (χ2n) is 5.61. The zero-order valence-electron chi connectivity index (χ0n) is 14.8. The van der Waals surface area contributed by atoms with Crippen molar-refractivity contribution in [3.8, 4) is 0 Å². The predicted octanol–water partition coefficient (Wildman–Crippen LogP) is 2.04. The number of hydrazine groups is 1.